The maximum Gasteiger partial charge on any atom is 0.223 e. The van der Waals surface area contributed by atoms with Crippen LogP contribution in [0.3, 0.4) is 0 Å². The van der Waals surface area contributed by atoms with E-state index in [-0.39, 0.29) is 11.8 Å². The van der Waals surface area contributed by atoms with Crippen molar-refractivity contribution in [3.05, 3.63) is 18.5 Å². The second-order valence-corrected chi connectivity index (χ2v) is 5.38. The number of fused-ring (bicyclic) bond motifs is 1. The van der Waals surface area contributed by atoms with Crippen LogP contribution < -0.4 is 10.2 Å². The highest BCUT2D eigenvalue weighted by Gasteiger charge is 2.25. The first-order valence-corrected chi connectivity index (χ1v) is 7.47. The Morgan fingerprint density at radius 1 is 1.38 bits per heavy atom. The van der Waals surface area contributed by atoms with Crippen molar-refractivity contribution in [1.82, 2.24) is 25.1 Å². The Hall–Kier alpha value is -2.18. The molecule has 0 aliphatic carbocycles. The van der Waals surface area contributed by atoms with Crippen molar-refractivity contribution in [3.8, 4) is 0 Å². The first-order chi connectivity index (χ1) is 10.3. The monoisotopic (exact) mass is 288 g/mol. The van der Waals surface area contributed by atoms with Crippen molar-refractivity contribution in [2.75, 3.05) is 24.5 Å². The van der Waals surface area contributed by atoms with E-state index in [1.54, 1.807) is 10.8 Å². The Bertz CT molecular complexity index is 617. The van der Waals surface area contributed by atoms with E-state index in [2.05, 4.69) is 32.4 Å². The number of piperidine rings is 1. The summed E-state index contributed by atoms with van der Waals surface area (Å²) >= 11 is 0. The molecule has 1 aliphatic rings. The largest absolute Gasteiger partial charge is 0.356 e. The number of nitrogens with zero attached hydrogens (tertiary/aromatic N) is 5. The Morgan fingerprint density at radius 3 is 2.95 bits per heavy atom. The van der Waals surface area contributed by atoms with E-state index < -0.39 is 0 Å². The average Bonchev–Trinajstić information content (AvgIpc) is 3.00. The molecule has 1 aliphatic heterocycles. The van der Waals surface area contributed by atoms with Gasteiger partial charge in [0.15, 0.2) is 5.65 Å². The third kappa shape index (κ3) is 2.96. The smallest absolute Gasteiger partial charge is 0.223 e. The fourth-order valence-corrected chi connectivity index (χ4v) is 2.65. The molecule has 0 radical (unpaired) electrons. The highest BCUT2D eigenvalue weighted by atomic mass is 16.1. The van der Waals surface area contributed by atoms with Gasteiger partial charge in [0.1, 0.15) is 12.1 Å². The van der Waals surface area contributed by atoms with E-state index in [9.17, 15) is 4.79 Å². The zero-order valence-corrected chi connectivity index (χ0v) is 12.2. The third-order valence-electron chi connectivity index (χ3n) is 3.89. The summed E-state index contributed by atoms with van der Waals surface area (Å²) in [5, 5.41) is 15.3. The van der Waals surface area contributed by atoms with Crippen molar-refractivity contribution in [3.63, 3.8) is 0 Å². The number of hydrogen-bond donors (Lipinski definition) is 1. The average molecular weight is 288 g/mol. The Balaban J connectivity index is 1.61. The first-order valence-electron chi connectivity index (χ1n) is 7.47. The molecule has 0 spiro atoms. The van der Waals surface area contributed by atoms with Gasteiger partial charge >= 0.3 is 0 Å². The molecule has 1 amide bonds. The summed E-state index contributed by atoms with van der Waals surface area (Å²) in [5.41, 5.74) is 0.743. The molecule has 0 atom stereocenters. The molecule has 2 aromatic heterocycles. The van der Waals surface area contributed by atoms with Crippen LogP contribution in [-0.2, 0) is 4.79 Å². The molecule has 1 N–H and O–H groups in total. The van der Waals surface area contributed by atoms with Gasteiger partial charge in [0.25, 0.3) is 0 Å². The van der Waals surface area contributed by atoms with Crippen LogP contribution in [0, 0.1) is 5.92 Å². The summed E-state index contributed by atoms with van der Waals surface area (Å²) in [7, 11) is 0. The predicted octanol–water partition coefficient (Wildman–Crippen LogP) is 0.867. The molecular formula is C14H20N6O. The van der Waals surface area contributed by atoms with Gasteiger partial charge in [-0.3, -0.25) is 4.79 Å². The van der Waals surface area contributed by atoms with Crippen LogP contribution in [0.5, 0.6) is 0 Å². The lowest BCUT2D eigenvalue weighted by molar-refractivity contribution is -0.125. The molecule has 0 saturated carbocycles. The number of aromatic nitrogens is 4. The highest BCUT2D eigenvalue weighted by molar-refractivity contribution is 5.78. The van der Waals surface area contributed by atoms with Gasteiger partial charge in [0.2, 0.25) is 5.91 Å². The molecule has 2 aromatic rings. The minimum atomic E-state index is 0.131. The summed E-state index contributed by atoms with van der Waals surface area (Å²) in [5.74, 6) is 1.24. The van der Waals surface area contributed by atoms with Crippen molar-refractivity contribution in [2.45, 2.75) is 26.2 Å². The fraction of sp³-hybridized carbons (Fsp3) is 0.571. The maximum atomic E-state index is 12.0. The van der Waals surface area contributed by atoms with Crippen molar-refractivity contribution >= 4 is 17.4 Å². The Labute approximate surface area is 123 Å². The third-order valence-corrected chi connectivity index (χ3v) is 3.89. The van der Waals surface area contributed by atoms with E-state index in [1.807, 2.05) is 12.1 Å². The summed E-state index contributed by atoms with van der Waals surface area (Å²) in [6.45, 7) is 4.54. The topological polar surface area (TPSA) is 75.4 Å². The second-order valence-electron chi connectivity index (χ2n) is 5.38. The number of carbonyl (C=O) groups excluding carboxylic acids is 1. The van der Waals surface area contributed by atoms with Crippen LogP contribution in [0.2, 0.25) is 0 Å². The number of nitrogens with one attached hydrogen (secondary N) is 1. The zero-order valence-electron chi connectivity index (χ0n) is 12.2. The van der Waals surface area contributed by atoms with E-state index in [0.717, 1.165) is 50.4 Å². The van der Waals surface area contributed by atoms with Crippen LogP contribution in [0.1, 0.15) is 26.2 Å². The van der Waals surface area contributed by atoms with Crippen molar-refractivity contribution in [1.29, 1.82) is 0 Å². The minimum Gasteiger partial charge on any atom is -0.356 e. The normalized spacial score (nSPS) is 16.3. The summed E-state index contributed by atoms with van der Waals surface area (Å²) in [6, 6.07) is 3.87. The quantitative estimate of drug-likeness (QED) is 0.903. The molecule has 1 fully saturated rings. The minimum absolute atomic E-state index is 0.131. The van der Waals surface area contributed by atoms with Crippen LogP contribution in [0.4, 0.5) is 5.82 Å². The van der Waals surface area contributed by atoms with Gasteiger partial charge in [-0.15, -0.1) is 15.3 Å². The summed E-state index contributed by atoms with van der Waals surface area (Å²) in [4.78, 5) is 14.2. The number of amides is 1. The lowest BCUT2D eigenvalue weighted by Gasteiger charge is -2.31. The molecule has 1 saturated heterocycles. The van der Waals surface area contributed by atoms with Crippen molar-refractivity contribution < 1.29 is 4.79 Å². The lowest BCUT2D eigenvalue weighted by atomic mass is 9.96. The van der Waals surface area contributed by atoms with Crippen LogP contribution in [-0.4, -0.2) is 45.4 Å². The maximum absolute atomic E-state index is 12.0. The molecule has 21 heavy (non-hydrogen) atoms. The summed E-state index contributed by atoms with van der Waals surface area (Å²) in [6.07, 6.45) is 4.33. The molecule has 0 unspecified atom stereocenters. The molecular weight excluding hydrogens is 268 g/mol. The van der Waals surface area contributed by atoms with Crippen LogP contribution in [0.25, 0.3) is 5.65 Å². The standard InChI is InChI=1S/C14H20N6O/c1-2-7-15-14(21)11-5-8-19(9-6-11)13-4-3-12-17-16-10-20(12)18-13/h3-4,10-11H,2,5-9H2,1H3,(H,15,21). The Kier molecular flexibility index (Phi) is 3.98. The van der Waals surface area contributed by atoms with E-state index in [4.69, 9.17) is 0 Å². The Morgan fingerprint density at radius 2 is 2.19 bits per heavy atom. The van der Waals surface area contributed by atoms with Gasteiger partial charge in [0, 0.05) is 25.6 Å². The molecule has 7 nitrogen and oxygen atoms in total. The van der Waals surface area contributed by atoms with E-state index >= 15 is 0 Å². The predicted molar refractivity (Wildman–Crippen MR) is 79.0 cm³/mol. The van der Waals surface area contributed by atoms with Gasteiger partial charge in [-0.1, -0.05) is 6.92 Å². The molecule has 3 heterocycles. The van der Waals surface area contributed by atoms with Crippen LogP contribution >= 0.6 is 0 Å². The fourth-order valence-electron chi connectivity index (χ4n) is 2.65. The molecule has 0 bridgehead atoms. The van der Waals surface area contributed by atoms with Gasteiger partial charge in [-0.05, 0) is 31.4 Å². The molecule has 112 valence electrons. The zero-order chi connectivity index (χ0) is 14.7. The molecule has 0 aromatic carbocycles. The van der Waals surface area contributed by atoms with E-state index in [1.165, 1.54) is 0 Å². The SMILES string of the molecule is CCCNC(=O)C1CCN(c2ccc3nncn3n2)CC1. The summed E-state index contributed by atoms with van der Waals surface area (Å²) < 4.78 is 1.68. The van der Waals surface area contributed by atoms with E-state index in [0.29, 0.717) is 0 Å². The van der Waals surface area contributed by atoms with Crippen LogP contribution in [0.15, 0.2) is 18.5 Å². The van der Waals surface area contributed by atoms with Gasteiger partial charge in [0.05, 0.1) is 0 Å². The highest BCUT2D eigenvalue weighted by Crippen LogP contribution is 2.22. The molecule has 7 heteroatoms. The number of hydrogen-bond acceptors (Lipinski definition) is 5. The van der Waals surface area contributed by atoms with Gasteiger partial charge < -0.3 is 10.2 Å². The first kappa shape index (κ1) is 13.8. The van der Waals surface area contributed by atoms with Crippen molar-refractivity contribution in [2.24, 2.45) is 5.92 Å². The number of carbonyl (C=O) groups is 1. The molecule has 3 rings (SSSR count). The van der Waals surface area contributed by atoms with Gasteiger partial charge in [-0.2, -0.15) is 4.52 Å². The second kappa shape index (κ2) is 6.07. The van der Waals surface area contributed by atoms with Gasteiger partial charge in [-0.25, -0.2) is 0 Å². The lowest BCUT2D eigenvalue weighted by Crippen LogP contribution is -2.41. The number of anilines is 1. The number of rotatable bonds is 4.